The fraction of sp³-hybridized carbons (Fsp3) is 0.438. The first-order valence-corrected chi connectivity index (χ1v) is 6.91. The largest absolute Gasteiger partial charge is 0.371 e. The SMILES string of the molecule is Cc1cc(/C=C\C(N)=O)cc(C)c1N1CCCCC1. The van der Waals surface area contributed by atoms with Crippen LogP contribution in [-0.4, -0.2) is 19.0 Å². The molecule has 0 unspecified atom stereocenters. The van der Waals surface area contributed by atoms with Gasteiger partial charge in [0.25, 0.3) is 0 Å². The number of amides is 1. The van der Waals surface area contributed by atoms with Crippen LogP contribution in [0.5, 0.6) is 0 Å². The van der Waals surface area contributed by atoms with Crippen molar-refractivity contribution in [1.82, 2.24) is 0 Å². The molecular weight excluding hydrogens is 236 g/mol. The van der Waals surface area contributed by atoms with Crippen LogP contribution in [-0.2, 0) is 4.79 Å². The second-order valence-electron chi connectivity index (χ2n) is 5.29. The zero-order valence-electron chi connectivity index (χ0n) is 11.8. The summed E-state index contributed by atoms with van der Waals surface area (Å²) in [6.45, 7) is 6.58. The topological polar surface area (TPSA) is 46.3 Å². The van der Waals surface area contributed by atoms with Gasteiger partial charge in [-0.2, -0.15) is 0 Å². The van der Waals surface area contributed by atoms with Crippen molar-refractivity contribution in [3.8, 4) is 0 Å². The van der Waals surface area contributed by atoms with Crippen LogP contribution in [0.2, 0.25) is 0 Å². The minimum atomic E-state index is -0.407. The molecule has 0 aliphatic carbocycles. The van der Waals surface area contributed by atoms with Gasteiger partial charge >= 0.3 is 0 Å². The number of hydrogen-bond acceptors (Lipinski definition) is 2. The van der Waals surface area contributed by atoms with Crippen LogP contribution >= 0.6 is 0 Å². The van der Waals surface area contributed by atoms with Gasteiger partial charge in [0.15, 0.2) is 0 Å². The first-order valence-electron chi connectivity index (χ1n) is 6.91. The Kier molecular flexibility index (Phi) is 4.25. The van der Waals surface area contributed by atoms with Crippen LogP contribution in [0.1, 0.15) is 36.0 Å². The molecule has 0 atom stereocenters. The minimum absolute atomic E-state index is 0.407. The van der Waals surface area contributed by atoms with E-state index >= 15 is 0 Å². The maximum absolute atomic E-state index is 10.8. The molecule has 2 rings (SSSR count). The highest BCUT2D eigenvalue weighted by molar-refractivity contribution is 5.90. The van der Waals surface area contributed by atoms with Gasteiger partial charge in [0.2, 0.25) is 5.91 Å². The smallest absolute Gasteiger partial charge is 0.241 e. The predicted octanol–water partition coefficient (Wildman–Crippen LogP) is 2.79. The molecule has 2 N–H and O–H groups in total. The molecule has 3 nitrogen and oxygen atoms in total. The summed E-state index contributed by atoms with van der Waals surface area (Å²) in [7, 11) is 0. The van der Waals surface area contributed by atoms with E-state index < -0.39 is 5.91 Å². The van der Waals surface area contributed by atoms with Gasteiger partial charge in [0, 0.05) is 24.9 Å². The Morgan fingerprint density at radius 3 is 2.26 bits per heavy atom. The summed E-state index contributed by atoms with van der Waals surface area (Å²) in [5.74, 6) is -0.407. The number of rotatable bonds is 3. The molecule has 1 fully saturated rings. The summed E-state index contributed by atoms with van der Waals surface area (Å²) in [4.78, 5) is 13.3. The van der Waals surface area contributed by atoms with E-state index in [1.54, 1.807) is 6.08 Å². The fourth-order valence-electron chi connectivity index (χ4n) is 2.88. The molecule has 19 heavy (non-hydrogen) atoms. The molecule has 0 saturated carbocycles. The fourth-order valence-corrected chi connectivity index (χ4v) is 2.88. The average molecular weight is 258 g/mol. The Labute approximate surface area is 115 Å². The van der Waals surface area contributed by atoms with E-state index in [0.717, 1.165) is 18.7 Å². The van der Waals surface area contributed by atoms with Crippen molar-refractivity contribution in [2.45, 2.75) is 33.1 Å². The molecule has 1 saturated heterocycles. The van der Waals surface area contributed by atoms with E-state index in [1.807, 2.05) is 0 Å². The normalized spacial score (nSPS) is 16.0. The minimum Gasteiger partial charge on any atom is -0.371 e. The summed E-state index contributed by atoms with van der Waals surface area (Å²) >= 11 is 0. The molecule has 0 radical (unpaired) electrons. The molecule has 1 aliphatic rings. The average Bonchev–Trinajstić information content (AvgIpc) is 2.37. The van der Waals surface area contributed by atoms with Gasteiger partial charge in [-0.15, -0.1) is 0 Å². The third-order valence-electron chi connectivity index (χ3n) is 3.63. The first kappa shape index (κ1) is 13.7. The second kappa shape index (κ2) is 5.91. The van der Waals surface area contributed by atoms with Gasteiger partial charge in [-0.1, -0.05) is 0 Å². The lowest BCUT2D eigenvalue weighted by atomic mass is 10.0. The Bertz CT molecular complexity index is 476. The molecule has 1 aliphatic heterocycles. The van der Waals surface area contributed by atoms with Crippen molar-refractivity contribution in [2.24, 2.45) is 5.73 Å². The molecule has 0 spiro atoms. The molecule has 3 heteroatoms. The predicted molar refractivity (Wildman–Crippen MR) is 80.2 cm³/mol. The molecule has 102 valence electrons. The first-order chi connectivity index (χ1) is 9.08. The quantitative estimate of drug-likeness (QED) is 0.847. The standard InChI is InChI=1S/C16H22N2O/c1-12-10-14(6-7-15(17)19)11-13(2)16(12)18-8-4-3-5-9-18/h6-7,10-11H,3-5,8-9H2,1-2H3,(H2,17,19)/b7-6-. The van der Waals surface area contributed by atoms with Crippen LogP contribution in [0.3, 0.4) is 0 Å². The van der Waals surface area contributed by atoms with E-state index in [4.69, 9.17) is 5.73 Å². The number of carbonyl (C=O) groups is 1. The van der Waals surface area contributed by atoms with E-state index in [0.29, 0.717) is 0 Å². The maximum atomic E-state index is 10.8. The van der Waals surface area contributed by atoms with Crippen molar-refractivity contribution in [1.29, 1.82) is 0 Å². The summed E-state index contributed by atoms with van der Waals surface area (Å²) in [5, 5.41) is 0. The molecule has 1 heterocycles. The number of aryl methyl sites for hydroxylation is 2. The molecule has 0 aromatic heterocycles. The molecule has 1 aromatic carbocycles. The lowest BCUT2D eigenvalue weighted by molar-refractivity contribution is -0.113. The Morgan fingerprint density at radius 1 is 1.16 bits per heavy atom. The summed E-state index contributed by atoms with van der Waals surface area (Å²) < 4.78 is 0. The zero-order chi connectivity index (χ0) is 13.8. The second-order valence-corrected chi connectivity index (χ2v) is 5.29. The van der Waals surface area contributed by atoms with E-state index in [9.17, 15) is 4.79 Å². The summed E-state index contributed by atoms with van der Waals surface area (Å²) in [5.41, 5.74) is 10.1. The monoisotopic (exact) mass is 258 g/mol. The number of carbonyl (C=O) groups excluding carboxylic acids is 1. The summed E-state index contributed by atoms with van der Waals surface area (Å²) in [6.07, 6.45) is 7.09. The highest BCUT2D eigenvalue weighted by Crippen LogP contribution is 2.29. The molecular formula is C16H22N2O. The highest BCUT2D eigenvalue weighted by Gasteiger charge is 2.15. The van der Waals surface area contributed by atoms with Crippen molar-refractivity contribution < 1.29 is 4.79 Å². The van der Waals surface area contributed by atoms with Crippen LogP contribution in [0.4, 0.5) is 5.69 Å². The molecule has 1 amide bonds. The van der Waals surface area contributed by atoms with E-state index in [-0.39, 0.29) is 0 Å². The Morgan fingerprint density at radius 2 is 1.74 bits per heavy atom. The third kappa shape index (κ3) is 3.37. The van der Waals surface area contributed by atoms with Crippen molar-refractivity contribution in [3.63, 3.8) is 0 Å². The van der Waals surface area contributed by atoms with Crippen LogP contribution in [0.15, 0.2) is 18.2 Å². The number of piperidine rings is 1. The lowest BCUT2D eigenvalue weighted by Crippen LogP contribution is -2.30. The van der Waals surface area contributed by atoms with Crippen molar-refractivity contribution in [3.05, 3.63) is 34.9 Å². The van der Waals surface area contributed by atoms with Crippen LogP contribution in [0.25, 0.3) is 6.08 Å². The van der Waals surface area contributed by atoms with Gasteiger partial charge in [0.1, 0.15) is 0 Å². The third-order valence-corrected chi connectivity index (χ3v) is 3.63. The molecule has 0 bridgehead atoms. The van der Waals surface area contributed by atoms with Gasteiger partial charge in [-0.05, 0) is 68.0 Å². The Hall–Kier alpha value is -1.77. The van der Waals surface area contributed by atoms with Gasteiger partial charge in [0.05, 0.1) is 0 Å². The van der Waals surface area contributed by atoms with Crippen molar-refractivity contribution >= 4 is 17.7 Å². The van der Waals surface area contributed by atoms with Crippen LogP contribution < -0.4 is 10.6 Å². The van der Waals surface area contributed by atoms with Gasteiger partial charge in [-0.25, -0.2) is 0 Å². The van der Waals surface area contributed by atoms with E-state index in [2.05, 4.69) is 30.9 Å². The number of nitrogens with two attached hydrogens (primary N) is 1. The van der Waals surface area contributed by atoms with Crippen LogP contribution in [0, 0.1) is 13.8 Å². The van der Waals surface area contributed by atoms with Gasteiger partial charge < -0.3 is 10.6 Å². The number of primary amides is 1. The lowest BCUT2D eigenvalue weighted by Gasteiger charge is -2.31. The maximum Gasteiger partial charge on any atom is 0.241 e. The number of nitrogens with zero attached hydrogens (tertiary/aromatic N) is 1. The molecule has 1 aromatic rings. The van der Waals surface area contributed by atoms with Gasteiger partial charge in [-0.3, -0.25) is 4.79 Å². The number of hydrogen-bond donors (Lipinski definition) is 1. The Balaban J connectivity index is 2.28. The number of benzene rings is 1. The highest BCUT2D eigenvalue weighted by atomic mass is 16.1. The van der Waals surface area contributed by atoms with E-state index in [1.165, 1.54) is 42.2 Å². The van der Waals surface area contributed by atoms with Crippen molar-refractivity contribution in [2.75, 3.05) is 18.0 Å². The zero-order valence-corrected chi connectivity index (χ0v) is 11.8. The number of anilines is 1. The summed E-state index contributed by atoms with van der Waals surface area (Å²) in [6, 6.07) is 4.24.